The molecule has 0 spiro atoms. The quantitative estimate of drug-likeness (QED) is 0.360. The van der Waals surface area contributed by atoms with Gasteiger partial charge >= 0.3 is 0 Å². The molecule has 0 radical (unpaired) electrons. The van der Waals surface area contributed by atoms with E-state index < -0.39 is 11.9 Å². The van der Waals surface area contributed by atoms with Crippen LogP contribution < -0.4 is 9.47 Å². The van der Waals surface area contributed by atoms with Crippen LogP contribution in [0.15, 0.2) is 47.7 Å². The summed E-state index contributed by atoms with van der Waals surface area (Å²) in [7, 11) is 3.19. The Kier molecular flexibility index (Phi) is 6.06. The van der Waals surface area contributed by atoms with Crippen molar-refractivity contribution in [3.63, 3.8) is 0 Å². The van der Waals surface area contributed by atoms with E-state index in [1.54, 1.807) is 38.5 Å². The van der Waals surface area contributed by atoms with E-state index in [2.05, 4.69) is 13.8 Å². The number of hydrogen-bond acceptors (Lipinski definition) is 7. The number of ether oxygens (including phenoxy) is 4. The van der Waals surface area contributed by atoms with E-state index in [1.165, 1.54) is 4.90 Å². The molecule has 0 saturated carbocycles. The smallest absolute Gasteiger partial charge is 0.261 e. The number of amides is 2. The first-order chi connectivity index (χ1) is 18.6. The Hall–Kier alpha value is -3.65. The van der Waals surface area contributed by atoms with Crippen molar-refractivity contribution in [2.75, 3.05) is 20.8 Å². The number of nitrogens with zero attached hydrogens (tertiary/aromatic N) is 1. The molecular formula is C31H33NO7. The number of carbonyl (C=O) groups is 3. The van der Waals surface area contributed by atoms with Crippen molar-refractivity contribution in [3.8, 4) is 11.5 Å². The number of carbonyl (C=O) groups excluding carboxylic acids is 3. The molecule has 4 aliphatic rings. The molecule has 204 valence electrons. The molecule has 2 aromatic rings. The van der Waals surface area contributed by atoms with Crippen LogP contribution in [0.5, 0.6) is 11.5 Å². The zero-order valence-electron chi connectivity index (χ0n) is 22.8. The standard InChI is InChI=1S/C31H33NO7/c1-30(2)16-22(33)26-25(17-30)38-31(15-18-13-23(36-3)24(37-4)14-21(18)27(26)39-31)11-7-8-12-32-28(34)19-9-5-6-10-20(19)29(32)35/h5-6,9-10,13-14,27H,7-8,11-12,15-17H2,1-4H3/t27?,31-/m1/s1. The number of hydrogen-bond donors (Lipinski definition) is 0. The number of allylic oxidation sites excluding steroid dienone is 1. The lowest BCUT2D eigenvalue weighted by Gasteiger charge is -2.50. The summed E-state index contributed by atoms with van der Waals surface area (Å²) >= 11 is 0. The molecule has 2 aromatic carbocycles. The van der Waals surface area contributed by atoms with Gasteiger partial charge in [0.05, 0.1) is 30.9 Å². The van der Waals surface area contributed by atoms with Gasteiger partial charge in [0, 0.05) is 32.2 Å². The summed E-state index contributed by atoms with van der Waals surface area (Å²) in [5, 5.41) is 0. The highest BCUT2D eigenvalue weighted by molar-refractivity contribution is 6.21. The van der Waals surface area contributed by atoms with E-state index in [-0.39, 0.29) is 23.0 Å². The number of unbranched alkanes of at least 4 members (excludes halogenated alkanes) is 1. The van der Waals surface area contributed by atoms with Crippen molar-refractivity contribution in [3.05, 3.63) is 70.0 Å². The Balaban J connectivity index is 1.26. The molecule has 2 bridgehead atoms. The van der Waals surface area contributed by atoms with Gasteiger partial charge in [0.1, 0.15) is 11.9 Å². The maximum atomic E-state index is 13.4. The molecule has 2 atom stereocenters. The third kappa shape index (κ3) is 4.22. The highest BCUT2D eigenvalue weighted by Gasteiger charge is 2.52. The summed E-state index contributed by atoms with van der Waals surface area (Å²) in [4.78, 5) is 40.2. The van der Waals surface area contributed by atoms with Gasteiger partial charge in [0.2, 0.25) is 5.79 Å². The van der Waals surface area contributed by atoms with Crippen LogP contribution in [0.2, 0.25) is 0 Å². The lowest BCUT2D eigenvalue weighted by Crippen LogP contribution is -2.49. The van der Waals surface area contributed by atoms with Gasteiger partial charge in [0.25, 0.3) is 11.8 Å². The maximum absolute atomic E-state index is 13.4. The molecule has 3 aliphatic heterocycles. The van der Waals surface area contributed by atoms with E-state index in [0.29, 0.717) is 79.0 Å². The van der Waals surface area contributed by atoms with Crippen LogP contribution in [0, 0.1) is 5.41 Å². The molecule has 8 nitrogen and oxygen atoms in total. The molecule has 1 unspecified atom stereocenters. The van der Waals surface area contributed by atoms with E-state index in [4.69, 9.17) is 18.9 Å². The molecular weight excluding hydrogens is 498 g/mol. The summed E-state index contributed by atoms with van der Waals surface area (Å²) in [5.41, 5.74) is 3.21. The molecule has 39 heavy (non-hydrogen) atoms. The number of ketones is 1. The zero-order chi connectivity index (χ0) is 27.5. The Bertz CT molecular complexity index is 1390. The first kappa shape index (κ1) is 25.6. The molecule has 8 heteroatoms. The van der Waals surface area contributed by atoms with E-state index in [9.17, 15) is 14.4 Å². The Morgan fingerprint density at radius 2 is 1.59 bits per heavy atom. The van der Waals surface area contributed by atoms with Crippen LogP contribution in [0.4, 0.5) is 0 Å². The Morgan fingerprint density at radius 1 is 0.923 bits per heavy atom. The van der Waals surface area contributed by atoms with Crippen molar-refractivity contribution < 1.29 is 33.3 Å². The molecule has 6 rings (SSSR count). The van der Waals surface area contributed by atoms with Crippen LogP contribution in [0.1, 0.15) is 83.9 Å². The fraction of sp³-hybridized carbons (Fsp3) is 0.452. The van der Waals surface area contributed by atoms with Crippen LogP contribution in [-0.4, -0.2) is 49.0 Å². The average molecular weight is 532 g/mol. The monoisotopic (exact) mass is 531 g/mol. The molecule has 0 N–H and O–H groups in total. The van der Waals surface area contributed by atoms with Crippen molar-refractivity contribution in [1.82, 2.24) is 4.90 Å². The number of rotatable bonds is 7. The second-order valence-corrected chi connectivity index (χ2v) is 11.6. The molecule has 0 aromatic heterocycles. The summed E-state index contributed by atoms with van der Waals surface area (Å²) in [5.74, 6) is 0.522. The number of benzene rings is 2. The van der Waals surface area contributed by atoms with Gasteiger partial charge < -0.3 is 18.9 Å². The largest absolute Gasteiger partial charge is 0.493 e. The predicted octanol–water partition coefficient (Wildman–Crippen LogP) is 5.15. The second kappa shape index (κ2) is 9.23. The summed E-state index contributed by atoms with van der Waals surface area (Å²) in [6.45, 7) is 4.49. The fourth-order valence-electron chi connectivity index (χ4n) is 6.41. The average Bonchev–Trinajstić information content (AvgIpc) is 3.14. The normalized spacial score (nSPS) is 24.7. The predicted molar refractivity (Wildman–Crippen MR) is 142 cm³/mol. The number of imide groups is 1. The van der Waals surface area contributed by atoms with Gasteiger partial charge in [0.15, 0.2) is 17.3 Å². The fourth-order valence-corrected chi connectivity index (χ4v) is 6.41. The highest BCUT2D eigenvalue weighted by Crippen LogP contribution is 2.54. The van der Waals surface area contributed by atoms with Crippen LogP contribution in [0.25, 0.3) is 0 Å². The van der Waals surface area contributed by atoms with Crippen LogP contribution in [-0.2, 0) is 20.7 Å². The van der Waals surface area contributed by atoms with Crippen molar-refractivity contribution >= 4 is 17.6 Å². The van der Waals surface area contributed by atoms with E-state index >= 15 is 0 Å². The Labute approximate surface area is 227 Å². The second-order valence-electron chi connectivity index (χ2n) is 11.6. The summed E-state index contributed by atoms with van der Waals surface area (Å²) in [6, 6.07) is 10.8. The zero-order valence-corrected chi connectivity index (χ0v) is 22.8. The molecule has 2 amide bonds. The third-order valence-electron chi connectivity index (χ3n) is 8.24. The van der Waals surface area contributed by atoms with Crippen LogP contribution >= 0.6 is 0 Å². The summed E-state index contributed by atoms with van der Waals surface area (Å²) in [6.07, 6.45) is 2.86. The van der Waals surface area contributed by atoms with Gasteiger partial charge in [-0.3, -0.25) is 19.3 Å². The first-order valence-corrected chi connectivity index (χ1v) is 13.5. The minimum Gasteiger partial charge on any atom is -0.493 e. The minimum atomic E-state index is -0.953. The van der Waals surface area contributed by atoms with Crippen LogP contribution in [0.3, 0.4) is 0 Å². The highest BCUT2D eigenvalue weighted by atomic mass is 16.7. The molecule has 0 saturated heterocycles. The topological polar surface area (TPSA) is 91.4 Å². The van der Waals surface area contributed by atoms with Gasteiger partial charge in [-0.15, -0.1) is 0 Å². The maximum Gasteiger partial charge on any atom is 0.261 e. The number of fused-ring (bicyclic) bond motifs is 6. The van der Waals surface area contributed by atoms with Crippen molar-refractivity contribution in [2.24, 2.45) is 5.41 Å². The van der Waals surface area contributed by atoms with Crippen molar-refractivity contribution in [1.29, 1.82) is 0 Å². The number of methoxy groups -OCH3 is 2. The molecule has 3 heterocycles. The van der Waals surface area contributed by atoms with Crippen molar-refractivity contribution in [2.45, 2.75) is 64.3 Å². The van der Waals surface area contributed by atoms with Gasteiger partial charge in [-0.1, -0.05) is 26.0 Å². The lowest BCUT2D eigenvalue weighted by molar-refractivity contribution is -0.266. The lowest BCUT2D eigenvalue weighted by atomic mass is 9.72. The first-order valence-electron chi connectivity index (χ1n) is 13.5. The third-order valence-corrected chi connectivity index (χ3v) is 8.24. The Morgan fingerprint density at radius 3 is 2.26 bits per heavy atom. The van der Waals surface area contributed by atoms with Gasteiger partial charge in [-0.2, -0.15) is 0 Å². The molecule has 0 fully saturated rings. The van der Waals surface area contributed by atoms with Gasteiger partial charge in [-0.05, 0) is 53.6 Å². The van der Waals surface area contributed by atoms with E-state index in [0.717, 1.165) is 11.1 Å². The SMILES string of the molecule is COc1cc2c(cc1OC)C1O[C@](CCCCN3C(=O)c4ccccc4C3=O)(C2)OC2=C1C(=O)CC(C)(C)C2. The van der Waals surface area contributed by atoms with E-state index in [1.807, 2.05) is 12.1 Å². The van der Waals surface area contributed by atoms with Gasteiger partial charge in [-0.25, -0.2) is 0 Å². The number of Topliss-reactive ketones (excluding diaryl/α,β-unsaturated/α-hetero) is 1. The molecule has 1 aliphatic carbocycles. The minimum absolute atomic E-state index is 0.0492. The summed E-state index contributed by atoms with van der Waals surface area (Å²) < 4.78 is 24.4.